The van der Waals surface area contributed by atoms with E-state index in [4.69, 9.17) is 0 Å². The molecule has 0 aromatic heterocycles. The van der Waals surface area contributed by atoms with E-state index in [0.29, 0.717) is 0 Å². The second-order valence-corrected chi connectivity index (χ2v) is 5.19. The van der Waals surface area contributed by atoms with E-state index in [1.54, 1.807) is 0 Å². The summed E-state index contributed by atoms with van der Waals surface area (Å²) in [5.74, 6) is 0. The second kappa shape index (κ2) is 5.19. The Morgan fingerprint density at radius 1 is 1.29 bits per heavy atom. The average molecular weight is 233 g/mol. The van der Waals surface area contributed by atoms with Crippen molar-refractivity contribution in [3.05, 3.63) is 35.4 Å². The van der Waals surface area contributed by atoms with Crippen molar-refractivity contribution in [3.8, 4) is 0 Å². The number of aryl methyl sites for hydroxylation is 1. The first kappa shape index (κ1) is 12.6. The molecule has 0 aliphatic carbocycles. The first-order valence-corrected chi connectivity index (χ1v) is 6.66. The molecule has 1 unspecified atom stereocenters. The Kier molecular flexibility index (Phi) is 3.85. The zero-order valence-corrected chi connectivity index (χ0v) is 10.9. The van der Waals surface area contributed by atoms with E-state index >= 15 is 0 Å². The molecular weight excluding hydrogens is 210 g/mol. The number of aliphatic hydroxyl groups is 1. The molecule has 0 amide bonds. The molecule has 2 rings (SSSR count). The van der Waals surface area contributed by atoms with Crippen LogP contribution in [0.3, 0.4) is 0 Å². The van der Waals surface area contributed by atoms with E-state index in [-0.39, 0.29) is 0 Å². The van der Waals surface area contributed by atoms with Crippen LogP contribution in [0.1, 0.15) is 37.3 Å². The van der Waals surface area contributed by atoms with Gasteiger partial charge in [0.25, 0.3) is 0 Å². The van der Waals surface area contributed by atoms with Crippen molar-refractivity contribution in [2.24, 2.45) is 0 Å². The SMILES string of the molecule is CCN1CCCC(O)(c2cccc(C)c2)CC1. The average Bonchev–Trinajstić information content (AvgIpc) is 2.52. The van der Waals surface area contributed by atoms with Crippen LogP contribution in [0.15, 0.2) is 24.3 Å². The van der Waals surface area contributed by atoms with E-state index in [1.165, 1.54) is 5.56 Å². The van der Waals surface area contributed by atoms with E-state index < -0.39 is 5.60 Å². The highest BCUT2D eigenvalue weighted by atomic mass is 16.3. The highest BCUT2D eigenvalue weighted by Crippen LogP contribution is 2.33. The van der Waals surface area contributed by atoms with Crippen molar-refractivity contribution < 1.29 is 5.11 Å². The van der Waals surface area contributed by atoms with Gasteiger partial charge in [-0.15, -0.1) is 0 Å². The highest BCUT2D eigenvalue weighted by Gasteiger charge is 2.31. The molecule has 1 atom stereocenters. The van der Waals surface area contributed by atoms with Crippen molar-refractivity contribution in [2.75, 3.05) is 19.6 Å². The Hall–Kier alpha value is -0.860. The lowest BCUT2D eigenvalue weighted by Gasteiger charge is -2.27. The molecule has 0 saturated carbocycles. The molecule has 1 saturated heterocycles. The number of nitrogens with zero attached hydrogens (tertiary/aromatic N) is 1. The Bertz CT molecular complexity index is 377. The minimum absolute atomic E-state index is 0.615. The van der Waals surface area contributed by atoms with Crippen LogP contribution in [0.4, 0.5) is 0 Å². The highest BCUT2D eigenvalue weighted by molar-refractivity contribution is 5.27. The van der Waals surface area contributed by atoms with Gasteiger partial charge in [-0.1, -0.05) is 36.8 Å². The molecule has 2 heteroatoms. The van der Waals surface area contributed by atoms with Gasteiger partial charge in [-0.3, -0.25) is 0 Å². The second-order valence-electron chi connectivity index (χ2n) is 5.19. The molecule has 1 fully saturated rings. The maximum Gasteiger partial charge on any atom is 0.0909 e. The van der Waals surface area contributed by atoms with Gasteiger partial charge in [-0.05, 0) is 44.8 Å². The number of likely N-dealkylation sites (tertiary alicyclic amines) is 1. The quantitative estimate of drug-likeness (QED) is 0.849. The van der Waals surface area contributed by atoms with Gasteiger partial charge >= 0.3 is 0 Å². The fourth-order valence-electron chi connectivity index (χ4n) is 2.71. The largest absolute Gasteiger partial charge is 0.385 e. The molecule has 1 aliphatic rings. The summed E-state index contributed by atoms with van der Waals surface area (Å²) >= 11 is 0. The van der Waals surface area contributed by atoms with Crippen LogP contribution in [-0.2, 0) is 5.60 Å². The minimum Gasteiger partial charge on any atom is -0.385 e. The molecule has 17 heavy (non-hydrogen) atoms. The zero-order chi connectivity index (χ0) is 12.3. The molecule has 94 valence electrons. The summed E-state index contributed by atoms with van der Waals surface area (Å²) in [7, 11) is 0. The lowest BCUT2D eigenvalue weighted by atomic mass is 9.86. The molecule has 1 aliphatic heterocycles. The van der Waals surface area contributed by atoms with Crippen molar-refractivity contribution in [3.63, 3.8) is 0 Å². The first-order chi connectivity index (χ1) is 8.14. The molecule has 2 nitrogen and oxygen atoms in total. The summed E-state index contributed by atoms with van der Waals surface area (Å²) in [6.07, 6.45) is 2.82. The summed E-state index contributed by atoms with van der Waals surface area (Å²) in [4.78, 5) is 2.42. The Morgan fingerprint density at radius 3 is 2.82 bits per heavy atom. The Morgan fingerprint density at radius 2 is 2.12 bits per heavy atom. The maximum absolute atomic E-state index is 10.8. The summed E-state index contributed by atoms with van der Waals surface area (Å²) in [5.41, 5.74) is 1.71. The predicted molar refractivity (Wildman–Crippen MR) is 71.0 cm³/mol. The third kappa shape index (κ3) is 2.88. The van der Waals surface area contributed by atoms with Gasteiger partial charge in [0.1, 0.15) is 0 Å². The lowest BCUT2D eigenvalue weighted by molar-refractivity contribution is 0.0213. The van der Waals surface area contributed by atoms with Crippen molar-refractivity contribution >= 4 is 0 Å². The van der Waals surface area contributed by atoms with Gasteiger partial charge in [0.15, 0.2) is 0 Å². The Balaban J connectivity index is 2.18. The van der Waals surface area contributed by atoms with Crippen LogP contribution in [-0.4, -0.2) is 29.6 Å². The summed E-state index contributed by atoms with van der Waals surface area (Å²) in [5, 5.41) is 10.8. The van der Waals surface area contributed by atoms with Crippen molar-refractivity contribution in [1.82, 2.24) is 4.90 Å². The van der Waals surface area contributed by atoms with Gasteiger partial charge < -0.3 is 10.0 Å². The monoisotopic (exact) mass is 233 g/mol. The van der Waals surface area contributed by atoms with E-state index in [2.05, 4.69) is 36.9 Å². The van der Waals surface area contributed by atoms with Gasteiger partial charge in [0, 0.05) is 6.54 Å². The van der Waals surface area contributed by atoms with Crippen LogP contribution in [0.25, 0.3) is 0 Å². The topological polar surface area (TPSA) is 23.5 Å². The lowest BCUT2D eigenvalue weighted by Crippen LogP contribution is -2.29. The fraction of sp³-hybridized carbons (Fsp3) is 0.600. The molecule has 1 aromatic carbocycles. The van der Waals surface area contributed by atoms with Gasteiger partial charge in [-0.25, -0.2) is 0 Å². The number of benzene rings is 1. The Labute approximate surface area is 104 Å². The van der Waals surface area contributed by atoms with Crippen molar-refractivity contribution in [2.45, 2.75) is 38.7 Å². The molecule has 0 bridgehead atoms. The molecule has 1 N–H and O–H groups in total. The number of hydrogen-bond acceptors (Lipinski definition) is 2. The molecule has 0 radical (unpaired) electrons. The van der Waals surface area contributed by atoms with E-state index in [9.17, 15) is 5.11 Å². The summed E-state index contributed by atoms with van der Waals surface area (Å²) in [6, 6.07) is 8.32. The van der Waals surface area contributed by atoms with Crippen LogP contribution in [0.5, 0.6) is 0 Å². The van der Waals surface area contributed by atoms with Gasteiger partial charge in [0.2, 0.25) is 0 Å². The maximum atomic E-state index is 10.8. The van der Waals surface area contributed by atoms with Gasteiger partial charge in [0.05, 0.1) is 5.60 Å². The smallest absolute Gasteiger partial charge is 0.0909 e. The summed E-state index contributed by atoms with van der Waals surface area (Å²) in [6.45, 7) is 7.48. The van der Waals surface area contributed by atoms with Crippen LogP contribution < -0.4 is 0 Å². The number of hydrogen-bond donors (Lipinski definition) is 1. The predicted octanol–water partition coefficient (Wildman–Crippen LogP) is 2.69. The standard InChI is InChI=1S/C15H23NO/c1-3-16-10-5-8-15(17,9-11-16)14-7-4-6-13(2)12-14/h4,6-7,12,17H,3,5,8-11H2,1-2H3. The van der Waals surface area contributed by atoms with Crippen LogP contribution >= 0.6 is 0 Å². The molecule has 1 aromatic rings. The van der Waals surface area contributed by atoms with Crippen molar-refractivity contribution in [1.29, 1.82) is 0 Å². The molecule has 0 spiro atoms. The molecule has 1 heterocycles. The minimum atomic E-state index is -0.615. The third-order valence-corrected chi connectivity index (χ3v) is 3.91. The number of rotatable bonds is 2. The van der Waals surface area contributed by atoms with Crippen LogP contribution in [0.2, 0.25) is 0 Å². The first-order valence-electron chi connectivity index (χ1n) is 6.66. The van der Waals surface area contributed by atoms with E-state index in [0.717, 1.165) is 44.5 Å². The molecular formula is C15H23NO. The zero-order valence-electron chi connectivity index (χ0n) is 10.9. The van der Waals surface area contributed by atoms with E-state index in [1.807, 2.05) is 6.07 Å². The normalized spacial score (nSPS) is 26.8. The third-order valence-electron chi connectivity index (χ3n) is 3.91. The summed E-state index contributed by atoms with van der Waals surface area (Å²) < 4.78 is 0. The van der Waals surface area contributed by atoms with Crippen LogP contribution in [0, 0.1) is 6.92 Å². The fourth-order valence-corrected chi connectivity index (χ4v) is 2.71. The van der Waals surface area contributed by atoms with Gasteiger partial charge in [-0.2, -0.15) is 0 Å².